The minimum absolute atomic E-state index is 0.0644. The van der Waals surface area contributed by atoms with Gasteiger partial charge in [-0.3, -0.25) is 15.1 Å². The maximum atomic E-state index is 11.9. The van der Waals surface area contributed by atoms with Crippen LogP contribution in [0.1, 0.15) is 0 Å². The molecule has 1 aromatic heterocycles. The second-order valence-electron chi connectivity index (χ2n) is 5.28. The summed E-state index contributed by atoms with van der Waals surface area (Å²) in [5, 5.41) is 12.8. The van der Waals surface area contributed by atoms with E-state index in [2.05, 4.69) is 4.98 Å². The number of halogens is 6. The first-order valence-corrected chi connectivity index (χ1v) is 9.41. The van der Waals surface area contributed by atoms with Crippen molar-refractivity contribution in [3.8, 4) is 22.3 Å². The minimum Gasteiger partial charge on any atom is -0.263 e. The molecule has 138 valence electrons. The maximum absolute atomic E-state index is 11.9. The van der Waals surface area contributed by atoms with E-state index in [9.17, 15) is 10.1 Å². The standard InChI is InChI=1S/C17H6Cl6N2O2/c18-9-1-3-11(20)15(22)13(9)7-5-24-6-8(17(7)25(26)27)14-10(19)2-4-12(21)16(14)23/h1-6H. The second-order valence-corrected chi connectivity index (χ2v) is 7.66. The molecule has 0 atom stereocenters. The molecule has 10 heteroatoms. The lowest BCUT2D eigenvalue weighted by Crippen LogP contribution is -1.99. The molecule has 2 aromatic carbocycles. The first-order chi connectivity index (χ1) is 12.7. The smallest absolute Gasteiger partial charge is 0.263 e. The van der Waals surface area contributed by atoms with Crippen LogP contribution < -0.4 is 0 Å². The molecule has 0 bridgehead atoms. The number of pyridine rings is 1. The summed E-state index contributed by atoms with van der Waals surface area (Å²) in [6.07, 6.45) is 2.55. The molecule has 0 radical (unpaired) electrons. The third-order valence-corrected chi connectivity index (χ3v) is 5.97. The Labute approximate surface area is 183 Å². The van der Waals surface area contributed by atoms with Gasteiger partial charge in [-0.2, -0.15) is 0 Å². The number of nitrogens with zero attached hydrogens (tertiary/aromatic N) is 2. The Morgan fingerprint density at radius 3 is 1.44 bits per heavy atom. The molecule has 1 heterocycles. The summed E-state index contributed by atoms with van der Waals surface area (Å²) in [4.78, 5) is 15.4. The largest absolute Gasteiger partial charge is 0.288 e. The highest BCUT2D eigenvalue weighted by atomic mass is 35.5. The van der Waals surface area contributed by atoms with Crippen LogP contribution in [-0.2, 0) is 0 Å². The third-order valence-electron chi connectivity index (χ3n) is 3.73. The predicted octanol–water partition coefficient (Wildman–Crippen LogP) is 8.24. The summed E-state index contributed by atoms with van der Waals surface area (Å²) < 4.78 is 0. The van der Waals surface area contributed by atoms with Crippen LogP contribution >= 0.6 is 69.6 Å². The van der Waals surface area contributed by atoms with Crippen LogP contribution in [-0.4, -0.2) is 9.91 Å². The van der Waals surface area contributed by atoms with Crippen LogP contribution in [0.3, 0.4) is 0 Å². The van der Waals surface area contributed by atoms with Crippen molar-refractivity contribution in [2.45, 2.75) is 0 Å². The fraction of sp³-hybridized carbons (Fsp3) is 0. The van der Waals surface area contributed by atoms with Gasteiger partial charge in [0.2, 0.25) is 0 Å². The number of hydrogen-bond acceptors (Lipinski definition) is 3. The number of benzene rings is 2. The van der Waals surface area contributed by atoms with E-state index in [1.54, 1.807) is 0 Å². The lowest BCUT2D eigenvalue weighted by atomic mass is 9.98. The van der Waals surface area contributed by atoms with Crippen molar-refractivity contribution in [1.29, 1.82) is 0 Å². The van der Waals surface area contributed by atoms with E-state index in [4.69, 9.17) is 69.6 Å². The van der Waals surface area contributed by atoms with Gasteiger partial charge in [0, 0.05) is 23.5 Å². The van der Waals surface area contributed by atoms with Gasteiger partial charge in [-0.25, -0.2) is 0 Å². The van der Waals surface area contributed by atoms with Crippen molar-refractivity contribution < 1.29 is 4.92 Å². The van der Waals surface area contributed by atoms with E-state index in [0.29, 0.717) is 0 Å². The van der Waals surface area contributed by atoms with Crippen LogP contribution in [0.25, 0.3) is 22.3 Å². The van der Waals surface area contributed by atoms with Crippen molar-refractivity contribution in [2.75, 3.05) is 0 Å². The monoisotopic (exact) mass is 480 g/mol. The summed E-state index contributed by atoms with van der Waals surface area (Å²) in [5.74, 6) is 0. The molecule has 0 unspecified atom stereocenters. The number of aromatic nitrogens is 1. The predicted molar refractivity (Wildman–Crippen MR) is 112 cm³/mol. The molecule has 0 aliphatic rings. The Hall–Kier alpha value is -1.27. The van der Waals surface area contributed by atoms with Gasteiger partial charge in [0.05, 0.1) is 46.2 Å². The zero-order chi connectivity index (χ0) is 19.9. The van der Waals surface area contributed by atoms with Gasteiger partial charge in [0.1, 0.15) is 0 Å². The molecule has 3 rings (SSSR count). The lowest BCUT2D eigenvalue weighted by molar-refractivity contribution is -0.383. The van der Waals surface area contributed by atoms with Crippen molar-refractivity contribution in [1.82, 2.24) is 4.98 Å². The van der Waals surface area contributed by atoms with Gasteiger partial charge in [0.25, 0.3) is 5.69 Å². The van der Waals surface area contributed by atoms with E-state index in [1.807, 2.05) is 0 Å². The Morgan fingerprint density at radius 2 is 1.07 bits per heavy atom. The summed E-state index contributed by atoms with van der Waals surface area (Å²) in [6, 6.07) is 5.95. The van der Waals surface area contributed by atoms with Gasteiger partial charge >= 0.3 is 0 Å². The molecule has 0 saturated carbocycles. The highest BCUT2D eigenvalue weighted by molar-refractivity contribution is 6.47. The molecule has 3 aromatic rings. The van der Waals surface area contributed by atoms with Gasteiger partial charge < -0.3 is 0 Å². The topological polar surface area (TPSA) is 56.0 Å². The first-order valence-electron chi connectivity index (χ1n) is 7.14. The average molecular weight is 483 g/mol. The molecule has 0 aliphatic carbocycles. The third kappa shape index (κ3) is 3.70. The summed E-state index contributed by atoms with van der Waals surface area (Å²) in [7, 11) is 0. The molecular weight excluding hydrogens is 477 g/mol. The molecule has 0 N–H and O–H groups in total. The van der Waals surface area contributed by atoms with Crippen molar-refractivity contribution in [3.05, 3.63) is 76.9 Å². The summed E-state index contributed by atoms with van der Waals surface area (Å²) in [6.45, 7) is 0. The molecule has 0 fully saturated rings. The lowest BCUT2D eigenvalue weighted by Gasteiger charge is -2.13. The van der Waals surface area contributed by atoms with E-state index in [1.165, 1.54) is 36.7 Å². The average Bonchev–Trinajstić information content (AvgIpc) is 2.62. The number of hydrogen-bond donors (Lipinski definition) is 0. The zero-order valence-electron chi connectivity index (χ0n) is 12.9. The van der Waals surface area contributed by atoms with Crippen molar-refractivity contribution in [3.63, 3.8) is 0 Å². The van der Waals surface area contributed by atoms with Gasteiger partial charge in [-0.15, -0.1) is 0 Å². The Balaban J connectivity index is 2.44. The van der Waals surface area contributed by atoms with Crippen LogP contribution in [0.4, 0.5) is 5.69 Å². The fourth-order valence-corrected chi connectivity index (χ4v) is 4.03. The number of rotatable bonds is 3. The van der Waals surface area contributed by atoms with E-state index >= 15 is 0 Å². The minimum atomic E-state index is -0.590. The second kappa shape index (κ2) is 8.00. The molecule has 0 aliphatic heterocycles. The highest BCUT2D eigenvalue weighted by Crippen LogP contribution is 2.48. The SMILES string of the molecule is O=[N+]([O-])c1c(-c2c(Cl)ccc(Cl)c2Cl)cncc1-c1c(Cl)ccc(Cl)c1Cl. The Morgan fingerprint density at radius 1 is 0.704 bits per heavy atom. The zero-order valence-corrected chi connectivity index (χ0v) is 17.5. The van der Waals surface area contributed by atoms with Crippen molar-refractivity contribution >= 4 is 75.3 Å². The Bertz CT molecular complexity index is 1010. The van der Waals surface area contributed by atoms with Gasteiger partial charge in [-0.1, -0.05) is 69.6 Å². The summed E-state index contributed by atoms with van der Waals surface area (Å²) in [5.41, 5.74) is 0.175. The molecule has 0 amide bonds. The molecule has 0 saturated heterocycles. The molecular formula is C17H6Cl6N2O2. The fourth-order valence-electron chi connectivity index (χ4n) is 2.56. The Kier molecular flexibility index (Phi) is 6.06. The molecule has 0 spiro atoms. The highest BCUT2D eigenvalue weighted by Gasteiger charge is 2.28. The quantitative estimate of drug-likeness (QED) is 0.214. The van der Waals surface area contributed by atoms with Gasteiger partial charge in [-0.05, 0) is 24.3 Å². The van der Waals surface area contributed by atoms with Crippen molar-refractivity contribution in [2.24, 2.45) is 0 Å². The van der Waals surface area contributed by atoms with Crippen LogP contribution in [0.15, 0.2) is 36.7 Å². The number of nitro groups is 1. The molecule has 27 heavy (non-hydrogen) atoms. The van der Waals surface area contributed by atoms with E-state index < -0.39 is 4.92 Å². The van der Waals surface area contributed by atoms with Crippen LogP contribution in [0.2, 0.25) is 30.1 Å². The van der Waals surface area contributed by atoms with E-state index in [-0.39, 0.29) is 58.1 Å². The van der Waals surface area contributed by atoms with Gasteiger partial charge in [0.15, 0.2) is 0 Å². The first kappa shape index (κ1) is 20.5. The summed E-state index contributed by atoms with van der Waals surface area (Å²) >= 11 is 37.1. The van der Waals surface area contributed by atoms with Crippen LogP contribution in [0.5, 0.6) is 0 Å². The maximum Gasteiger partial charge on any atom is 0.288 e. The van der Waals surface area contributed by atoms with E-state index in [0.717, 1.165) is 0 Å². The van der Waals surface area contributed by atoms with Crippen LogP contribution in [0, 0.1) is 10.1 Å². The molecule has 4 nitrogen and oxygen atoms in total. The normalized spacial score (nSPS) is 10.9.